The maximum absolute atomic E-state index is 11.8. The first-order valence-electron chi connectivity index (χ1n) is 6.95. The third-order valence-electron chi connectivity index (χ3n) is 3.87. The number of rotatable bonds is 2. The number of fused-ring (bicyclic) bond motifs is 3. The number of nitrogens with zero attached hydrogens (tertiary/aromatic N) is 1. The molecule has 1 aromatic carbocycles. The van der Waals surface area contributed by atoms with Crippen LogP contribution in [-0.2, 0) is 11.2 Å². The summed E-state index contributed by atoms with van der Waals surface area (Å²) < 4.78 is 5.04. The van der Waals surface area contributed by atoms with E-state index in [9.17, 15) is 10.1 Å². The van der Waals surface area contributed by atoms with Gasteiger partial charge in [-0.1, -0.05) is 0 Å². The molecule has 0 unspecified atom stereocenters. The summed E-state index contributed by atoms with van der Waals surface area (Å²) in [5, 5.41) is 10.3. The number of nitriles is 1. The third-order valence-corrected chi connectivity index (χ3v) is 3.87. The maximum atomic E-state index is 11.8. The highest BCUT2D eigenvalue weighted by molar-refractivity contribution is 5.96. The van der Waals surface area contributed by atoms with Crippen LogP contribution in [-0.4, -0.2) is 17.6 Å². The van der Waals surface area contributed by atoms with E-state index in [-0.39, 0.29) is 11.9 Å². The van der Waals surface area contributed by atoms with Crippen molar-refractivity contribution in [2.45, 2.75) is 32.1 Å². The Morgan fingerprint density at radius 3 is 3.15 bits per heavy atom. The van der Waals surface area contributed by atoms with Gasteiger partial charge in [0.05, 0.1) is 24.2 Å². The molecule has 1 aromatic heterocycles. The highest BCUT2D eigenvalue weighted by Crippen LogP contribution is 2.36. The Kier molecular flexibility index (Phi) is 3.19. The number of H-pyrrole nitrogens is 1. The van der Waals surface area contributed by atoms with Crippen molar-refractivity contribution in [3.05, 3.63) is 35.0 Å². The Morgan fingerprint density at radius 2 is 2.40 bits per heavy atom. The Morgan fingerprint density at radius 1 is 1.55 bits per heavy atom. The van der Waals surface area contributed by atoms with Crippen LogP contribution in [0.25, 0.3) is 10.9 Å². The van der Waals surface area contributed by atoms with Gasteiger partial charge in [-0.3, -0.25) is 0 Å². The highest BCUT2D eigenvalue weighted by atomic mass is 16.5. The van der Waals surface area contributed by atoms with Crippen LogP contribution in [0.4, 0.5) is 0 Å². The molecule has 0 radical (unpaired) electrons. The lowest BCUT2D eigenvalue weighted by molar-refractivity contribution is 0.0526. The summed E-state index contributed by atoms with van der Waals surface area (Å²) >= 11 is 0. The van der Waals surface area contributed by atoms with Gasteiger partial charge >= 0.3 is 5.97 Å². The number of aromatic nitrogens is 1. The van der Waals surface area contributed by atoms with Crippen molar-refractivity contribution in [2.75, 3.05) is 6.61 Å². The van der Waals surface area contributed by atoms with Gasteiger partial charge in [0.1, 0.15) is 0 Å². The van der Waals surface area contributed by atoms with Gasteiger partial charge in [-0.2, -0.15) is 5.26 Å². The number of aryl methyl sites for hydroxylation is 1. The Labute approximate surface area is 117 Å². The molecule has 0 amide bonds. The summed E-state index contributed by atoms with van der Waals surface area (Å²) in [6.45, 7) is 2.17. The van der Waals surface area contributed by atoms with Gasteiger partial charge in [-0.15, -0.1) is 0 Å². The fraction of sp³-hybridized carbons (Fsp3) is 0.375. The molecule has 0 saturated heterocycles. The molecule has 0 spiro atoms. The molecule has 102 valence electrons. The van der Waals surface area contributed by atoms with Crippen LogP contribution in [0.3, 0.4) is 0 Å². The molecular formula is C16H16N2O2. The van der Waals surface area contributed by atoms with E-state index >= 15 is 0 Å². The normalized spacial score (nSPS) is 17.5. The van der Waals surface area contributed by atoms with Crippen molar-refractivity contribution in [3.63, 3.8) is 0 Å². The number of carbonyl (C=O) groups excluding carboxylic acids is 1. The summed E-state index contributed by atoms with van der Waals surface area (Å²) in [6, 6.07) is 7.90. The lowest BCUT2D eigenvalue weighted by Crippen LogP contribution is -2.07. The molecule has 1 atom stereocenters. The van der Waals surface area contributed by atoms with E-state index in [4.69, 9.17) is 4.74 Å². The molecule has 0 saturated carbocycles. The van der Waals surface area contributed by atoms with E-state index < -0.39 is 0 Å². The van der Waals surface area contributed by atoms with E-state index in [2.05, 4.69) is 11.1 Å². The van der Waals surface area contributed by atoms with Crippen molar-refractivity contribution in [2.24, 2.45) is 0 Å². The second-order valence-electron chi connectivity index (χ2n) is 5.07. The molecule has 0 fully saturated rings. The van der Waals surface area contributed by atoms with Crippen LogP contribution in [0.1, 0.15) is 47.3 Å². The molecule has 0 aliphatic heterocycles. The largest absolute Gasteiger partial charge is 0.462 e. The quantitative estimate of drug-likeness (QED) is 0.850. The fourth-order valence-electron chi connectivity index (χ4n) is 2.93. The Bertz CT molecular complexity index is 709. The molecule has 1 aliphatic carbocycles. The predicted octanol–water partition coefficient (Wildman–Crippen LogP) is 3.29. The first kappa shape index (κ1) is 12.7. The van der Waals surface area contributed by atoms with Crippen LogP contribution in [0.5, 0.6) is 0 Å². The Hall–Kier alpha value is -2.28. The second kappa shape index (κ2) is 5.01. The van der Waals surface area contributed by atoms with Gasteiger partial charge < -0.3 is 9.72 Å². The number of benzene rings is 1. The van der Waals surface area contributed by atoms with Gasteiger partial charge in [0.2, 0.25) is 0 Å². The maximum Gasteiger partial charge on any atom is 0.338 e. The molecule has 2 aromatic rings. The van der Waals surface area contributed by atoms with E-state index in [0.717, 1.165) is 35.9 Å². The van der Waals surface area contributed by atoms with Gasteiger partial charge in [0.25, 0.3) is 0 Å². The van der Waals surface area contributed by atoms with Crippen molar-refractivity contribution in [3.8, 4) is 6.07 Å². The molecule has 4 heteroatoms. The zero-order chi connectivity index (χ0) is 14.1. The predicted molar refractivity (Wildman–Crippen MR) is 75.5 cm³/mol. The summed E-state index contributed by atoms with van der Waals surface area (Å²) in [7, 11) is 0. The smallest absolute Gasteiger partial charge is 0.338 e. The Balaban J connectivity index is 2.11. The number of carbonyl (C=O) groups is 1. The highest BCUT2D eigenvalue weighted by Gasteiger charge is 2.24. The molecule has 1 aliphatic rings. The summed E-state index contributed by atoms with van der Waals surface area (Å²) in [4.78, 5) is 15.2. The third kappa shape index (κ3) is 1.96. The molecular weight excluding hydrogens is 252 g/mol. The topological polar surface area (TPSA) is 65.9 Å². The summed E-state index contributed by atoms with van der Waals surface area (Å²) in [6.07, 6.45) is 2.88. The minimum Gasteiger partial charge on any atom is -0.462 e. The minimum absolute atomic E-state index is 0.0582. The van der Waals surface area contributed by atoms with Gasteiger partial charge in [0, 0.05) is 16.6 Å². The van der Waals surface area contributed by atoms with E-state index in [1.165, 1.54) is 5.56 Å². The lowest BCUT2D eigenvalue weighted by atomic mass is 9.87. The van der Waals surface area contributed by atoms with Crippen LogP contribution >= 0.6 is 0 Å². The number of esters is 1. The fourth-order valence-corrected chi connectivity index (χ4v) is 2.93. The second-order valence-corrected chi connectivity index (χ2v) is 5.07. The van der Waals surface area contributed by atoms with E-state index in [1.807, 2.05) is 12.1 Å². The van der Waals surface area contributed by atoms with Crippen LogP contribution in [0.2, 0.25) is 0 Å². The first-order chi connectivity index (χ1) is 9.74. The average molecular weight is 268 g/mol. The minimum atomic E-state index is -0.294. The van der Waals surface area contributed by atoms with Crippen molar-refractivity contribution < 1.29 is 9.53 Å². The number of nitrogens with one attached hydrogen (secondary N) is 1. The van der Waals surface area contributed by atoms with Gasteiger partial charge in [0.15, 0.2) is 0 Å². The summed E-state index contributed by atoms with van der Waals surface area (Å²) in [5.41, 5.74) is 3.77. The van der Waals surface area contributed by atoms with Gasteiger partial charge in [-0.05, 0) is 49.9 Å². The van der Waals surface area contributed by atoms with E-state index in [0.29, 0.717) is 12.2 Å². The molecule has 20 heavy (non-hydrogen) atoms. The molecule has 0 bridgehead atoms. The van der Waals surface area contributed by atoms with Crippen LogP contribution < -0.4 is 0 Å². The molecule has 1 heterocycles. The zero-order valence-corrected chi connectivity index (χ0v) is 11.4. The van der Waals surface area contributed by atoms with Crippen molar-refractivity contribution in [1.29, 1.82) is 5.26 Å². The first-order valence-corrected chi connectivity index (χ1v) is 6.95. The van der Waals surface area contributed by atoms with Crippen molar-refractivity contribution in [1.82, 2.24) is 4.98 Å². The number of ether oxygens (including phenoxy) is 1. The lowest BCUT2D eigenvalue weighted by Gasteiger charge is -2.16. The van der Waals surface area contributed by atoms with Crippen LogP contribution in [0, 0.1) is 11.3 Å². The SMILES string of the molecule is CCOC(=O)c1ccc2[nH]c3c(c2c1)CCC[C@@H]3C#N. The van der Waals surface area contributed by atoms with Gasteiger partial charge in [-0.25, -0.2) is 4.79 Å². The van der Waals surface area contributed by atoms with Crippen LogP contribution in [0.15, 0.2) is 18.2 Å². The number of hydrogen-bond acceptors (Lipinski definition) is 3. The molecule has 3 rings (SSSR count). The monoisotopic (exact) mass is 268 g/mol. The number of hydrogen-bond donors (Lipinski definition) is 1. The summed E-state index contributed by atoms with van der Waals surface area (Å²) in [5.74, 6) is -0.353. The zero-order valence-electron chi connectivity index (χ0n) is 11.4. The average Bonchev–Trinajstić information content (AvgIpc) is 2.85. The number of aromatic amines is 1. The molecule has 4 nitrogen and oxygen atoms in total. The molecule has 1 N–H and O–H groups in total. The standard InChI is InChI=1S/C16H16N2O2/c1-2-20-16(19)10-6-7-14-13(8-10)12-5-3-4-11(9-17)15(12)18-14/h6-8,11,18H,2-5H2,1H3/t11-/m1/s1. The van der Waals surface area contributed by atoms with Crippen molar-refractivity contribution >= 4 is 16.9 Å². The van der Waals surface area contributed by atoms with E-state index in [1.54, 1.807) is 13.0 Å².